The number of hydrogen-bond acceptors (Lipinski definition) is 4. The predicted molar refractivity (Wildman–Crippen MR) is 137 cm³/mol. The summed E-state index contributed by atoms with van der Waals surface area (Å²) in [5.41, 5.74) is -0.230. The fourth-order valence-corrected chi connectivity index (χ4v) is 10.5. The highest BCUT2D eigenvalue weighted by Crippen LogP contribution is 2.75. The molecule has 0 aliphatic heterocycles. The van der Waals surface area contributed by atoms with Crippen molar-refractivity contribution >= 4 is 0 Å². The molecule has 34 heavy (non-hydrogen) atoms. The third-order valence-corrected chi connectivity index (χ3v) is 12.3. The first-order valence-electron chi connectivity index (χ1n) is 13.9. The molecule has 2 unspecified atom stereocenters. The Kier molecular flexibility index (Phi) is 6.50. The molecule has 0 spiro atoms. The molecule has 4 heteroatoms. The van der Waals surface area contributed by atoms with Gasteiger partial charge in [0.15, 0.2) is 0 Å². The minimum atomic E-state index is -0.810. The molecule has 4 saturated carbocycles. The van der Waals surface area contributed by atoms with Gasteiger partial charge >= 0.3 is 0 Å². The van der Waals surface area contributed by atoms with Crippen LogP contribution in [0.2, 0.25) is 0 Å². The zero-order valence-electron chi connectivity index (χ0n) is 23.1. The summed E-state index contributed by atoms with van der Waals surface area (Å²) in [6.07, 6.45) is 7.54. The van der Waals surface area contributed by atoms with Crippen LogP contribution in [0.5, 0.6) is 0 Å². The van der Waals surface area contributed by atoms with Gasteiger partial charge in [0.25, 0.3) is 0 Å². The van der Waals surface area contributed by atoms with Crippen LogP contribution in [-0.2, 0) is 0 Å². The van der Waals surface area contributed by atoms with Crippen LogP contribution in [0.25, 0.3) is 0 Å². The van der Waals surface area contributed by atoms with Gasteiger partial charge in [-0.05, 0) is 117 Å². The van der Waals surface area contributed by atoms with Gasteiger partial charge in [0, 0.05) is 0 Å². The fraction of sp³-hybridized carbons (Fsp3) is 0.933. The standard InChI is InChI=1S/C30H52O4/c1-18(2)10-9-13-30(8,34)19-11-15-28(6)24(19)20(31)16-22-27(5)14-12-23(33)26(3,4)25(27)21(32)17-29(22,28)7/h10,19-25,31-34H,9,11-17H2,1-8H3/t19-,20?,21?,22+,23-,24-,25-,27+,28+,29+,30-/m0/s1. The van der Waals surface area contributed by atoms with Gasteiger partial charge in [-0.25, -0.2) is 0 Å². The molecule has 196 valence electrons. The number of rotatable bonds is 4. The van der Waals surface area contributed by atoms with E-state index in [-0.39, 0.29) is 39.4 Å². The van der Waals surface area contributed by atoms with E-state index >= 15 is 0 Å². The maximum absolute atomic E-state index is 11.8. The monoisotopic (exact) mass is 476 g/mol. The Morgan fingerprint density at radius 3 is 2.21 bits per heavy atom. The molecular weight excluding hydrogens is 424 g/mol. The van der Waals surface area contributed by atoms with Crippen LogP contribution in [0.1, 0.15) is 107 Å². The zero-order valence-corrected chi connectivity index (χ0v) is 23.1. The van der Waals surface area contributed by atoms with Crippen molar-refractivity contribution in [1.82, 2.24) is 0 Å². The summed E-state index contributed by atoms with van der Waals surface area (Å²) in [7, 11) is 0. The number of fused-ring (bicyclic) bond motifs is 5. The molecule has 4 rings (SSSR count). The van der Waals surface area contributed by atoms with Crippen LogP contribution in [0, 0.1) is 45.3 Å². The van der Waals surface area contributed by atoms with E-state index in [1.54, 1.807) is 0 Å². The molecule has 0 heterocycles. The van der Waals surface area contributed by atoms with E-state index in [4.69, 9.17) is 0 Å². The third-order valence-electron chi connectivity index (χ3n) is 12.3. The summed E-state index contributed by atoms with van der Waals surface area (Å²) >= 11 is 0. The average molecular weight is 477 g/mol. The normalized spacial score (nSPS) is 51.6. The van der Waals surface area contributed by atoms with E-state index in [0.29, 0.717) is 5.92 Å². The molecule has 0 aromatic carbocycles. The van der Waals surface area contributed by atoms with Crippen LogP contribution >= 0.6 is 0 Å². The number of aliphatic hydroxyl groups is 4. The van der Waals surface area contributed by atoms with E-state index in [1.165, 1.54) is 5.57 Å². The SMILES string of the molecule is CC(C)=CCC[C@](C)(O)[C@H]1CC[C@]2(C)[C@@H]1C(O)C[C@@H]1[C@@]3(C)CC[C@H](O)C(C)(C)[C@@H]3C(O)C[C@]12C. The van der Waals surface area contributed by atoms with Gasteiger partial charge in [-0.15, -0.1) is 0 Å². The molecule has 0 saturated heterocycles. The molecule has 0 amide bonds. The molecule has 4 fully saturated rings. The summed E-state index contributed by atoms with van der Waals surface area (Å²) in [6, 6.07) is 0. The van der Waals surface area contributed by atoms with Gasteiger partial charge < -0.3 is 20.4 Å². The fourth-order valence-electron chi connectivity index (χ4n) is 10.5. The van der Waals surface area contributed by atoms with Crippen LogP contribution in [-0.4, -0.2) is 44.3 Å². The lowest BCUT2D eigenvalue weighted by atomic mass is 9.34. The Morgan fingerprint density at radius 1 is 0.941 bits per heavy atom. The summed E-state index contributed by atoms with van der Waals surface area (Å²) in [6.45, 7) is 17.5. The second-order valence-corrected chi connectivity index (χ2v) is 14.7. The summed E-state index contributed by atoms with van der Waals surface area (Å²) < 4.78 is 0. The summed E-state index contributed by atoms with van der Waals surface area (Å²) in [5.74, 6) is 0.442. The molecule has 11 atom stereocenters. The van der Waals surface area contributed by atoms with E-state index in [2.05, 4.69) is 54.5 Å². The van der Waals surface area contributed by atoms with Crippen molar-refractivity contribution in [2.75, 3.05) is 0 Å². The molecule has 4 aliphatic rings. The Hall–Kier alpha value is -0.420. The van der Waals surface area contributed by atoms with E-state index < -0.39 is 23.9 Å². The molecule has 0 aromatic heterocycles. The van der Waals surface area contributed by atoms with E-state index in [0.717, 1.165) is 51.4 Å². The van der Waals surface area contributed by atoms with Crippen LogP contribution < -0.4 is 0 Å². The van der Waals surface area contributed by atoms with E-state index in [1.807, 2.05) is 6.92 Å². The van der Waals surface area contributed by atoms with Crippen LogP contribution in [0.15, 0.2) is 11.6 Å². The number of aliphatic hydroxyl groups excluding tert-OH is 3. The van der Waals surface area contributed by atoms with Gasteiger partial charge in [-0.3, -0.25) is 0 Å². The molecule has 4 nitrogen and oxygen atoms in total. The molecule has 0 aromatic rings. The van der Waals surface area contributed by atoms with Crippen molar-refractivity contribution in [3.8, 4) is 0 Å². The first-order valence-corrected chi connectivity index (χ1v) is 13.9. The Balaban J connectivity index is 1.70. The van der Waals surface area contributed by atoms with Gasteiger partial charge in [-0.1, -0.05) is 46.3 Å². The van der Waals surface area contributed by atoms with Crippen LogP contribution in [0.3, 0.4) is 0 Å². The highest BCUT2D eigenvalue weighted by Gasteiger charge is 2.72. The van der Waals surface area contributed by atoms with Gasteiger partial charge in [0.05, 0.1) is 23.9 Å². The molecular formula is C30H52O4. The Bertz CT molecular complexity index is 813. The predicted octanol–water partition coefficient (Wildman–Crippen LogP) is 5.47. The van der Waals surface area contributed by atoms with Crippen molar-refractivity contribution < 1.29 is 20.4 Å². The lowest BCUT2D eigenvalue weighted by molar-refractivity contribution is -0.274. The maximum Gasteiger partial charge on any atom is 0.0654 e. The van der Waals surface area contributed by atoms with Gasteiger partial charge in [0.2, 0.25) is 0 Å². The highest BCUT2D eigenvalue weighted by atomic mass is 16.3. The first kappa shape index (κ1) is 26.6. The highest BCUT2D eigenvalue weighted by molar-refractivity contribution is 5.21. The molecule has 0 bridgehead atoms. The number of allylic oxidation sites excluding steroid dienone is 2. The lowest BCUT2D eigenvalue weighted by Gasteiger charge is -2.71. The second-order valence-electron chi connectivity index (χ2n) is 14.7. The van der Waals surface area contributed by atoms with Crippen molar-refractivity contribution in [2.24, 2.45) is 45.3 Å². The summed E-state index contributed by atoms with van der Waals surface area (Å²) in [5, 5.41) is 46.0. The quantitative estimate of drug-likeness (QED) is 0.406. The topological polar surface area (TPSA) is 80.9 Å². The Labute approximate surface area is 208 Å². The minimum absolute atomic E-state index is 0.0264. The average Bonchev–Trinajstić information content (AvgIpc) is 3.07. The van der Waals surface area contributed by atoms with Gasteiger partial charge in [-0.2, -0.15) is 0 Å². The second kappa shape index (κ2) is 8.30. The minimum Gasteiger partial charge on any atom is -0.393 e. The molecule has 4 aliphatic carbocycles. The number of hydrogen-bond donors (Lipinski definition) is 4. The lowest BCUT2D eigenvalue weighted by Crippen LogP contribution is -2.69. The zero-order chi connectivity index (χ0) is 25.5. The van der Waals surface area contributed by atoms with Crippen molar-refractivity contribution in [1.29, 1.82) is 0 Å². The van der Waals surface area contributed by atoms with E-state index in [9.17, 15) is 20.4 Å². The van der Waals surface area contributed by atoms with Crippen molar-refractivity contribution in [3.05, 3.63) is 11.6 Å². The first-order chi connectivity index (χ1) is 15.5. The Morgan fingerprint density at radius 2 is 1.59 bits per heavy atom. The third kappa shape index (κ3) is 3.60. The van der Waals surface area contributed by atoms with Crippen molar-refractivity contribution in [2.45, 2.75) is 131 Å². The maximum atomic E-state index is 11.8. The molecule has 0 radical (unpaired) electrons. The summed E-state index contributed by atoms with van der Waals surface area (Å²) in [4.78, 5) is 0. The van der Waals surface area contributed by atoms with Crippen molar-refractivity contribution in [3.63, 3.8) is 0 Å². The van der Waals surface area contributed by atoms with Gasteiger partial charge in [0.1, 0.15) is 0 Å². The molecule has 4 N–H and O–H groups in total. The van der Waals surface area contributed by atoms with Crippen LogP contribution in [0.4, 0.5) is 0 Å². The smallest absolute Gasteiger partial charge is 0.0654 e. The largest absolute Gasteiger partial charge is 0.393 e.